The Labute approximate surface area is 130 Å². The van der Waals surface area contributed by atoms with Crippen molar-refractivity contribution in [3.63, 3.8) is 0 Å². The van der Waals surface area contributed by atoms with Gasteiger partial charge in [-0.3, -0.25) is 19.4 Å². The molecule has 1 fully saturated rings. The number of carbonyl (C=O) groups is 3. The molecule has 0 N–H and O–H groups in total. The number of carbonyl (C=O) groups excluding carboxylic acids is 3. The van der Waals surface area contributed by atoms with Gasteiger partial charge in [-0.2, -0.15) is 0 Å². The Bertz CT molecular complexity index is 636. The molecule has 0 aliphatic carbocycles. The van der Waals surface area contributed by atoms with Gasteiger partial charge in [-0.05, 0) is 29.5 Å². The van der Waals surface area contributed by atoms with Crippen molar-refractivity contribution in [3.8, 4) is 0 Å². The first kappa shape index (κ1) is 15.9. The average molecular weight is 300 g/mol. The number of amides is 4. The largest absolute Gasteiger partial charge is 0.333 e. The minimum atomic E-state index is -0.609. The quantitative estimate of drug-likeness (QED) is 0.636. The monoisotopic (exact) mass is 300 g/mol. The van der Waals surface area contributed by atoms with E-state index in [1.165, 1.54) is 14.1 Å². The van der Waals surface area contributed by atoms with Gasteiger partial charge in [-0.25, -0.2) is 4.79 Å². The molecule has 0 saturated carbocycles. The van der Waals surface area contributed by atoms with Crippen LogP contribution in [0, 0.1) is 5.92 Å². The predicted molar refractivity (Wildman–Crippen MR) is 83.9 cm³/mol. The zero-order valence-corrected chi connectivity index (χ0v) is 13.3. The van der Waals surface area contributed by atoms with Crippen LogP contribution >= 0.6 is 0 Å². The number of nitrogens with zero attached hydrogens (tertiary/aromatic N) is 2. The van der Waals surface area contributed by atoms with Crippen molar-refractivity contribution < 1.29 is 14.4 Å². The van der Waals surface area contributed by atoms with Gasteiger partial charge in [0, 0.05) is 14.1 Å². The topological polar surface area (TPSA) is 57.7 Å². The molecule has 0 aromatic heterocycles. The third-order valence-corrected chi connectivity index (χ3v) is 3.63. The van der Waals surface area contributed by atoms with Gasteiger partial charge in [-0.15, -0.1) is 0 Å². The number of barbiturate groups is 1. The molecule has 5 heteroatoms. The maximum atomic E-state index is 12.2. The van der Waals surface area contributed by atoms with E-state index in [2.05, 4.69) is 13.8 Å². The second-order valence-electron chi connectivity index (χ2n) is 5.87. The number of urea groups is 1. The summed E-state index contributed by atoms with van der Waals surface area (Å²) < 4.78 is 0. The van der Waals surface area contributed by atoms with E-state index in [-0.39, 0.29) is 5.57 Å². The fraction of sp³-hybridized carbons (Fsp3) is 0.353. The molecule has 1 aliphatic rings. The van der Waals surface area contributed by atoms with Gasteiger partial charge < -0.3 is 0 Å². The molecule has 116 valence electrons. The molecule has 0 atom stereocenters. The van der Waals surface area contributed by atoms with Crippen LogP contribution in [0.4, 0.5) is 4.79 Å². The van der Waals surface area contributed by atoms with Crippen molar-refractivity contribution in [3.05, 3.63) is 41.0 Å². The summed E-state index contributed by atoms with van der Waals surface area (Å²) in [6, 6.07) is 7.06. The minimum absolute atomic E-state index is 0.0146. The molecule has 1 aromatic carbocycles. The predicted octanol–water partition coefficient (Wildman–Crippen LogP) is 2.32. The lowest BCUT2D eigenvalue weighted by atomic mass is 9.96. The van der Waals surface area contributed by atoms with Crippen molar-refractivity contribution in [2.24, 2.45) is 5.92 Å². The first-order valence-corrected chi connectivity index (χ1v) is 7.22. The Morgan fingerprint density at radius 3 is 2.09 bits per heavy atom. The van der Waals surface area contributed by atoms with Crippen molar-refractivity contribution in [2.45, 2.75) is 20.3 Å². The highest BCUT2D eigenvalue weighted by atomic mass is 16.2. The third kappa shape index (κ3) is 2.93. The fourth-order valence-corrected chi connectivity index (χ4v) is 2.43. The number of imide groups is 2. The molecular weight excluding hydrogens is 280 g/mol. The second kappa shape index (κ2) is 6.13. The normalized spacial score (nSPS) is 15.9. The summed E-state index contributed by atoms with van der Waals surface area (Å²) in [7, 11) is 2.75. The van der Waals surface area contributed by atoms with Gasteiger partial charge in [-0.1, -0.05) is 38.1 Å². The molecule has 0 unspecified atom stereocenters. The maximum Gasteiger partial charge on any atom is 0.333 e. The first-order chi connectivity index (χ1) is 10.3. The van der Waals surface area contributed by atoms with E-state index in [0.717, 1.165) is 27.3 Å². The molecule has 22 heavy (non-hydrogen) atoms. The summed E-state index contributed by atoms with van der Waals surface area (Å²) in [5.74, 6) is -0.663. The SMILES string of the molecule is CC(C)Cc1ccccc1C=C1C(=O)N(C)C(=O)N(C)C1=O. The number of hydrogen-bond donors (Lipinski definition) is 0. The summed E-state index contributed by atoms with van der Waals surface area (Å²) in [6.07, 6.45) is 2.44. The summed E-state index contributed by atoms with van der Waals surface area (Å²) in [6.45, 7) is 4.22. The van der Waals surface area contributed by atoms with Crippen LogP contribution in [0.5, 0.6) is 0 Å². The van der Waals surface area contributed by atoms with Crippen LogP contribution in [0.25, 0.3) is 6.08 Å². The van der Waals surface area contributed by atoms with E-state index < -0.39 is 17.8 Å². The molecule has 2 rings (SSSR count). The zero-order chi connectivity index (χ0) is 16.4. The van der Waals surface area contributed by atoms with E-state index in [1.54, 1.807) is 6.08 Å². The lowest BCUT2D eigenvalue weighted by molar-refractivity contribution is -0.134. The van der Waals surface area contributed by atoms with Crippen LogP contribution in [0.2, 0.25) is 0 Å². The number of rotatable bonds is 3. The van der Waals surface area contributed by atoms with Crippen LogP contribution < -0.4 is 0 Å². The smallest absolute Gasteiger partial charge is 0.268 e. The van der Waals surface area contributed by atoms with Gasteiger partial charge in [0.25, 0.3) is 11.8 Å². The van der Waals surface area contributed by atoms with Gasteiger partial charge in [0.15, 0.2) is 0 Å². The average Bonchev–Trinajstić information content (AvgIpc) is 2.48. The first-order valence-electron chi connectivity index (χ1n) is 7.22. The molecule has 1 saturated heterocycles. The molecule has 4 amide bonds. The third-order valence-electron chi connectivity index (χ3n) is 3.63. The van der Waals surface area contributed by atoms with E-state index >= 15 is 0 Å². The maximum absolute atomic E-state index is 12.2. The van der Waals surface area contributed by atoms with Crippen molar-refractivity contribution in [1.29, 1.82) is 0 Å². The van der Waals surface area contributed by atoms with Gasteiger partial charge in [0.1, 0.15) is 5.57 Å². The number of benzene rings is 1. The summed E-state index contributed by atoms with van der Waals surface area (Å²) >= 11 is 0. The molecule has 0 spiro atoms. The lowest BCUT2D eigenvalue weighted by Crippen LogP contribution is -2.52. The van der Waals surface area contributed by atoms with Crippen LogP contribution in [0.3, 0.4) is 0 Å². The Hall–Kier alpha value is -2.43. The van der Waals surface area contributed by atoms with Crippen LogP contribution in [-0.2, 0) is 16.0 Å². The molecule has 1 aromatic rings. The Balaban J connectivity index is 2.46. The highest BCUT2D eigenvalue weighted by Crippen LogP contribution is 2.21. The lowest BCUT2D eigenvalue weighted by Gasteiger charge is -2.29. The minimum Gasteiger partial charge on any atom is -0.268 e. The summed E-state index contributed by atoms with van der Waals surface area (Å²) in [4.78, 5) is 38.1. The van der Waals surface area contributed by atoms with Crippen molar-refractivity contribution in [1.82, 2.24) is 9.80 Å². The molecular formula is C17H20N2O3. The number of likely N-dealkylation sites (N-methyl/N-ethyl adjacent to an activating group) is 2. The van der Waals surface area contributed by atoms with Crippen LogP contribution in [0.15, 0.2) is 29.8 Å². The second-order valence-corrected chi connectivity index (χ2v) is 5.87. The summed E-state index contributed by atoms with van der Waals surface area (Å²) in [5.41, 5.74) is 1.93. The summed E-state index contributed by atoms with van der Waals surface area (Å²) in [5, 5.41) is 0. The molecule has 0 bridgehead atoms. The standard InChI is InChI=1S/C17H20N2O3/c1-11(2)9-12-7-5-6-8-13(12)10-14-15(20)18(3)17(22)19(4)16(14)21/h5-8,10-11H,9H2,1-4H3. The number of hydrogen-bond acceptors (Lipinski definition) is 3. The fourth-order valence-electron chi connectivity index (χ4n) is 2.43. The molecule has 5 nitrogen and oxygen atoms in total. The zero-order valence-electron chi connectivity index (χ0n) is 13.3. The van der Waals surface area contributed by atoms with Crippen molar-refractivity contribution in [2.75, 3.05) is 14.1 Å². The Kier molecular flexibility index (Phi) is 4.45. The molecule has 0 radical (unpaired) electrons. The van der Waals surface area contributed by atoms with E-state index in [9.17, 15) is 14.4 Å². The van der Waals surface area contributed by atoms with Crippen LogP contribution in [0.1, 0.15) is 25.0 Å². The van der Waals surface area contributed by atoms with Gasteiger partial charge in [0.2, 0.25) is 0 Å². The highest BCUT2D eigenvalue weighted by Gasteiger charge is 2.37. The van der Waals surface area contributed by atoms with Gasteiger partial charge >= 0.3 is 6.03 Å². The van der Waals surface area contributed by atoms with Gasteiger partial charge in [0.05, 0.1) is 0 Å². The molecule has 1 heterocycles. The molecule has 1 aliphatic heterocycles. The highest BCUT2D eigenvalue weighted by molar-refractivity contribution is 6.30. The Morgan fingerprint density at radius 1 is 1.00 bits per heavy atom. The Morgan fingerprint density at radius 2 is 1.55 bits per heavy atom. The van der Waals surface area contributed by atoms with E-state index in [4.69, 9.17) is 0 Å². The van der Waals surface area contributed by atoms with Crippen molar-refractivity contribution >= 4 is 23.9 Å². The van der Waals surface area contributed by atoms with E-state index in [0.29, 0.717) is 5.92 Å². The van der Waals surface area contributed by atoms with Crippen LogP contribution in [-0.4, -0.2) is 41.7 Å². The van der Waals surface area contributed by atoms with E-state index in [1.807, 2.05) is 24.3 Å².